The summed E-state index contributed by atoms with van der Waals surface area (Å²) in [4.78, 5) is 14.2. The maximum Gasteiger partial charge on any atom is 0.227 e. The fourth-order valence-corrected chi connectivity index (χ4v) is 3.08. The molecule has 1 fully saturated rings. The summed E-state index contributed by atoms with van der Waals surface area (Å²) < 4.78 is 0. The molecule has 0 bridgehead atoms. The Labute approximate surface area is 129 Å². The predicted octanol–water partition coefficient (Wildman–Crippen LogP) is 3.79. The summed E-state index contributed by atoms with van der Waals surface area (Å²) in [6.45, 7) is 8.73. The lowest BCUT2D eigenvalue weighted by molar-refractivity contribution is 0.446. The van der Waals surface area contributed by atoms with E-state index in [1.165, 1.54) is 38.5 Å². The average molecular weight is 290 g/mol. The fraction of sp³-hybridized carbons (Fsp3) is 0.765. The van der Waals surface area contributed by atoms with Gasteiger partial charge in [-0.25, -0.2) is 4.98 Å². The molecule has 1 saturated heterocycles. The Morgan fingerprint density at radius 1 is 1.29 bits per heavy atom. The molecule has 0 radical (unpaired) electrons. The molecule has 1 atom stereocenters. The maximum atomic E-state index is 4.85. The van der Waals surface area contributed by atoms with Crippen molar-refractivity contribution in [2.75, 3.05) is 29.9 Å². The van der Waals surface area contributed by atoms with Crippen LogP contribution in [0.15, 0.2) is 6.07 Å². The molecule has 0 amide bonds. The Bertz CT molecular complexity index is 446. The second-order valence-electron chi connectivity index (χ2n) is 6.19. The Hall–Kier alpha value is -1.32. The summed E-state index contributed by atoms with van der Waals surface area (Å²) in [5, 5.41) is 0. The van der Waals surface area contributed by atoms with Gasteiger partial charge in [0.25, 0.3) is 0 Å². The van der Waals surface area contributed by atoms with Gasteiger partial charge in [-0.05, 0) is 39.0 Å². The van der Waals surface area contributed by atoms with Gasteiger partial charge in [0, 0.05) is 37.9 Å². The second-order valence-corrected chi connectivity index (χ2v) is 6.19. The topological polar surface area (TPSA) is 32.3 Å². The summed E-state index contributed by atoms with van der Waals surface area (Å²) in [7, 11) is 2.10. The van der Waals surface area contributed by atoms with Gasteiger partial charge < -0.3 is 9.80 Å². The first-order valence-corrected chi connectivity index (χ1v) is 8.49. The molecule has 0 aromatic carbocycles. The highest BCUT2D eigenvalue weighted by Gasteiger charge is 2.23. The van der Waals surface area contributed by atoms with Crippen LogP contribution in [-0.4, -0.2) is 36.1 Å². The Kier molecular flexibility index (Phi) is 5.83. The molecule has 21 heavy (non-hydrogen) atoms. The van der Waals surface area contributed by atoms with Crippen molar-refractivity contribution in [3.63, 3.8) is 0 Å². The highest BCUT2D eigenvalue weighted by molar-refractivity contribution is 5.46. The van der Waals surface area contributed by atoms with Crippen molar-refractivity contribution in [2.24, 2.45) is 0 Å². The van der Waals surface area contributed by atoms with E-state index in [4.69, 9.17) is 4.98 Å². The number of rotatable bonds is 6. The van der Waals surface area contributed by atoms with E-state index in [-0.39, 0.29) is 0 Å². The first-order valence-electron chi connectivity index (χ1n) is 8.49. The molecule has 0 saturated carbocycles. The van der Waals surface area contributed by atoms with Crippen LogP contribution in [0.5, 0.6) is 0 Å². The summed E-state index contributed by atoms with van der Waals surface area (Å²) >= 11 is 0. The first kappa shape index (κ1) is 16.1. The van der Waals surface area contributed by atoms with Crippen molar-refractivity contribution in [3.8, 4) is 0 Å². The van der Waals surface area contributed by atoms with Gasteiger partial charge in [-0.2, -0.15) is 4.98 Å². The SMILES string of the molecule is CCCCN(C)c1nc(C)cc(N2CCCCC2CC)n1. The molecule has 118 valence electrons. The molecule has 4 heteroatoms. The van der Waals surface area contributed by atoms with Crippen LogP contribution in [0.4, 0.5) is 11.8 Å². The predicted molar refractivity (Wildman–Crippen MR) is 90.2 cm³/mol. The minimum Gasteiger partial charge on any atom is -0.353 e. The molecule has 2 heterocycles. The monoisotopic (exact) mass is 290 g/mol. The van der Waals surface area contributed by atoms with E-state index in [1.807, 2.05) is 0 Å². The van der Waals surface area contributed by atoms with E-state index in [9.17, 15) is 0 Å². The van der Waals surface area contributed by atoms with Crippen molar-refractivity contribution in [2.45, 2.75) is 65.3 Å². The molecule has 2 rings (SSSR count). The van der Waals surface area contributed by atoms with Crippen LogP contribution in [0.1, 0.15) is 58.1 Å². The minimum absolute atomic E-state index is 0.641. The molecular formula is C17H30N4. The van der Waals surface area contributed by atoms with Crippen molar-refractivity contribution >= 4 is 11.8 Å². The largest absolute Gasteiger partial charge is 0.353 e. The molecule has 1 aromatic heterocycles. The summed E-state index contributed by atoms with van der Waals surface area (Å²) in [6.07, 6.45) is 7.50. The summed E-state index contributed by atoms with van der Waals surface area (Å²) in [6, 6.07) is 2.78. The molecule has 0 N–H and O–H groups in total. The maximum absolute atomic E-state index is 4.85. The van der Waals surface area contributed by atoms with Crippen LogP contribution in [-0.2, 0) is 0 Å². The van der Waals surface area contributed by atoms with Crippen molar-refractivity contribution in [1.82, 2.24) is 9.97 Å². The lowest BCUT2D eigenvalue weighted by atomic mass is 10.00. The van der Waals surface area contributed by atoms with E-state index in [0.717, 1.165) is 30.5 Å². The minimum atomic E-state index is 0.641. The number of nitrogens with zero attached hydrogens (tertiary/aromatic N) is 4. The highest BCUT2D eigenvalue weighted by atomic mass is 15.3. The standard InChI is InChI=1S/C17H30N4/c1-5-7-11-20(4)17-18-14(3)13-16(19-17)21-12-9-8-10-15(21)6-2/h13,15H,5-12H2,1-4H3. The number of unbranched alkanes of at least 4 members (excludes halogenated alkanes) is 1. The van der Waals surface area contributed by atoms with E-state index in [0.29, 0.717) is 6.04 Å². The summed E-state index contributed by atoms with van der Waals surface area (Å²) in [5.74, 6) is 1.99. The third-order valence-corrected chi connectivity index (χ3v) is 4.41. The van der Waals surface area contributed by atoms with Crippen LogP contribution in [0.2, 0.25) is 0 Å². The number of piperidine rings is 1. The van der Waals surface area contributed by atoms with E-state index in [1.54, 1.807) is 0 Å². The van der Waals surface area contributed by atoms with Crippen LogP contribution in [0, 0.1) is 6.92 Å². The van der Waals surface area contributed by atoms with Gasteiger partial charge in [-0.3, -0.25) is 0 Å². The van der Waals surface area contributed by atoms with Gasteiger partial charge in [0.15, 0.2) is 0 Å². The van der Waals surface area contributed by atoms with Crippen LogP contribution in [0.25, 0.3) is 0 Å². The molecule has 1 unspecified atom stereocenters. The Balaban J connectivity index is 2.21. The lowest BCUT2D eigenvalue weighted by Crippen LogP contribution is -2.40. The molecular weight excluding hydrogens is 260 g/mol. The molecule has 4 nitrogen and oxygen atoms in total. The number of aryl methyl sites for hydroxylation is 1. The van der Waals surface area contributed by atoms with Crippen LogP contribution >= 0.6 is 0 Å². The third kappa shape index (κ3) is 4.08. The van der Waals surface area contributed by atoms with Gasteiger partial charge in [0.2, 0.25) is 5.95 Å². The van der Waals surface area contributed by atoms with Gasteiger partial charge in [0.05, 0.1) is 0 Å². The van der Waals surface area contributed by atoms with Crippen LogP contribution in [0.3, 0.4) is 0 Å². The third-order valence-electron chi connectivity index (χ3n) is 4.41. The molecule has 0 spiro atoms. The second kappa shape index (κ2) is 7.62. The summed E-state index contributed by atoms with van der Waals surface area (Å²) in [5.41, 5.74) is 1.07. The Morgan fingerprint density at radius 2 is 2.10 bits per heavy atom. The highest BCUT2D eigenvalue weighted by Crippen LogP contribution is 2.26. The Morgan fingerprint density at radius 3 is 2.81 bits per heavy atom. The zero-order valence-electron chi connectivity index (χ0n) is 14.1. The van der Waals surface area contributed by atoms with Gasteiger partial charge in [-0.1, -0.05) is 20.3 Å². The zero-order valence-corrected chi connectivity index (χ0v) is 14.1. The van der Waals surface area contributed by atoms with E-state index < -0.39 is 0 Å². The molecule has 1 aliphatic heterocycles. The van der Waals surface area contributed by atoms with Gasteiger partial charge >= 0.3 is 0 Å². The first-order chi connectivity index (χ1) is 10.2. The average Bonchev–Trinajstić information content (AvgIpc) is 2.51. The lowest BCUT2D eigenvalue weighted by Gasteiger charge is -2.36. The molecule has 1 aromatic rings. The number of hydrogen-bond acceptors (Lipinski definition) is 4. The fourth-order valence-electron chi connectivity index (χ4n) is 3.08. The normalized spacial score (nSPS) is 18.9. The molecule has 1 aliphatic rings. The smallest absolute Gasteiger partial charge is 0.227 e. The van der Waals surface area contributed by atoms with E-state index >= 15 is 0 Å². The van der Waals surface area contributed by atoms with E-state index in [2.05, 4.69) is 48.7 Å². The number of anilines is 2. The zero-order chi connectivity index (χ0) is 15.2. The van der Waals surface area contributed by atoms with Gasteiger partial charge in [-0.15, -0.1) is 0 Å². The van der Waals surface area contributed by atoms with Crippen molar-refractivity contribution < 1.29 is 0 Å². The molecule has 0 aliphatic carbocycles. The van der Waals surface area contributed by atoms with Crippen molar-refractivity contribution in [3.05, 3.63) is 11.8 Å². The van der Waals surface area contributed by atoms with Crippen molar-refractivity contribution in [1.29, 1.82) is 0 Å². The quantitative estimate of drug-likeness (QED) is 0.798. The number of hydrogen-bond donors (Lipinski definition) is 0. The van der Waals surface area contributed by atoms with Gasteiger partial charge in [0.1, 0.15) is 5.82 Å². The number of aromatic nitrogens is 2. The van der Waals surface area contributed by atoms with Crippen LogP contribution < -0.4 is 9.80 Å².